The average Bonchev–Trinajstić information content (AvgIpc) is 3.23. The number of aliphatic hydroxyl groups is 1. The standard InChI is InChI=1S/C54H96O4/c1-3-5-7-9-11-13-15-17-19-21-23-25-27-28-29-31-33-35-37-39-41-43-45-47-49-54(56)58-53(51-55)52-57-50-48-46-44-42-40-38-36-34-32-30-26-24-22-20-18-16-14-12-10-8-6-4-2/h6,8,12,14,18,20,24,26,32,34,38,40,53,55H,3-5,7,9-11,13,15-17,19,21-23,25,27-31,33,35-37,39,41-52H2,1-2H3/b8-6-,14-12-,20-18-,26-24-,34-32-,40-38-. The summed E-state index contributed by atoms with van der Waals surface area (Å²) in [6.45, 7) is 5.18. The molecule has 0 aliphatic heterocycles. The van der Waals surface area contributed by atoms with Crippen LogP contribution in [0, 0.1) is 0 Å². The fourth-order valence-electron chi connectivity index (χ4n) is 7.10. The number of unbranched alkanes of at least 4 members (excludes halogenated alkanes) is 26. The first-order chi connectivity index (χ1) is 28.7. The van der Waals surface area contributed by atoms with Crippen LogP contribution in [0.15, 0.2) is 72.9 Å². The molecule has 0 radical (unpaired) electrons. The smallest absolute Gasteiger partial charge is 0.306 e. The van der Waals surface area contributed by atoms with Crippen LogP contribution in [0.3, 0.4) is 0 Å². The van der Waals surface area contributed by atoms with Crippen molar-refractivity contribution in [2.24, 2.45) is 0 Å². The number of carbonyl (C=O) groups excluding carboxylic acids is 1. The molecule has 0 saturated carbocycles. The molecular weight excluding hydrogens is 713 g/mol. The van der Waals surface area contributed by atoms with Crippen molar-refractivity contribution in [3.63, 3.8) is 0 Å². The summed E-state index contributed by atoms with van der Waals surface area (Å²) in [6, 6.07) is 0. The zero-order chi connectivity index (χ0) is 41.9. The summed E-state index contributed by atoms with van der Waals surface area (Å²) < 4.78 is 11.2. The Balaban J connectivity index is 3.47. The molecule has 0 aromatic rings. The minimum Gasteiger partial charge on any atom is -0.457 e. The maximum atomic E-state index is 12.3. The van der Waals surface area contributed by atoms with Gasteiger partial charge in [-0.2, -0.15) is 0 Å². The van der Waals surface area contributed by atoms with Crippen molar-refractivity contribution < 1.29 is 19.4 Å². The third kappa shape index (κ3) is 48.2. The number of ether oxygens (including phenoxy) is 2. The van der Waals surface area contributed by atoms with E-state index in [1.165, 1.54) is 141 Å². The molecule has 0 saturated heterocycles. The van der Waals surface area contributed by atoms with Crippen LogP contribution in [0.5, 0.6) is 0 Å². The Bertz CT molecular complexity index is 989. The van der Waals surface area contributed by atoms with E-state index in [0.717, 1.165) is 77.0 Å². The Morgan fingerprint density at radius 2 is 0.776 bits per heavy atom. The SMILES string of the molecule is CC/C=C\C/C=C\C/C=C\C/C=C\C/C=C\C/C=C\CCCCCOCC(CO)OC(=O)CCCCCCCCCCCCCCCCCCCCCCCCCC. The molecule has 0 bridgehead atoms. The third-order valence-corrected chi connectivity index (χ3v) is 10.8. The first-order valence-electron chi connectivity index (χ1n) is 25.0. The molecule has 0 rings (SSSR count). The van der Waals surface area contributed by atoms with Gasteiger partial charge in [0.25, 0.3) is 0 Å². The average molecular weight is 809 g/mol. The molecule has 0 heterocycles. The summed E-state index contributed by atoms with van der Waals surface area (Å²) in [5.74, 6) is -0.210. The lowest BCUT2D eigenvalue weighted by molar-refractivity contribution is -0.154. The Morgan fingerprint density at radius 1 is 0.431 bits per heavy atom. The zero-order valence-corrected chi connectivity index (χ0v) is 38.5. The van der Waals surface area contributed by atoms with Crippen molar-refractivity contribution in [1.82, 2.24) is 0 Å². The lowest BCUT2D eigenvalue weighted by Gasteiger charge is -2.15. The predicted molar refractivity (Wildman–Crippen MR) is 256 cm³/mol. The van der Waals surface area contributed by atoms with Crippen molar-refractivity contribution in [2.75, 3.05) is 19.8 Å². The van der Waals surface area contributed by atoms with Gasteiger partial charge in [-0.15, -0.1) is 0 Å². The van der Waals surface area contributed by atoms with Crippen LogP contribution in [0.2, 0.25) is 0 Å². The summed E-state index contributed by atoms with van der Waals surface area (Å²) in [7, 11) is 0. The van der Waals surface area contributed by atoms with Crippen LogP contribution in [0.4, 0.5) is 0 Å². The second-order valence-corrected chi connectivity index (χ2v) is 16.5. The Kier molecular flexibility index (Phi) is 49.1. The van der Waals surface area contributed by atoms with Crippen LogP contribution in [0.1, 0.15) is 239 Å². The predicted octanol–water partition coefficient (Wildman–Crippen LogP) is 16.9. The summed E-state index contributed by atoms with van der Waals surface area (Å²) >= 11 is 0. The maximum absolute atomic E-state index is 12.3. The molecule has 1 unspecified atom stereocenters. The highest BCUT2D eigenvalue weighted by molar-refractivity contribution is 5.69. The number of carbonyl (C=O) groups is 1. The molecule has 0 spiro atoms. The molecule has 0 aromatic carbocycles. The van der Waals surface area contributed by atoms with Gasteiger partial charge < -0.3 is 14.6 Å². The van der Waals surface area contributed by atoms with E-state index < -0.39 is 6.10 Å². The first-order valence-corrected chi connectivity index (χ1v) is 25.0. The minimum absolute atomic E-state index is 0.187. The fourth-order valence-corrected chi connectivity index (χ4v) is 7.10. The first kappa shape index (κ1) is 55.8. The minimum atomic E-state index is -0.555. The van der Waals surface area contributed by atoms with Gasteiger partial charge in [0, 0.05) is 13.0 Å². The summed E-state index contributed by atoms with van der Waals surface area (Å²) in [5, 5.41) is 9.64. The van der Waals surface area contributed by atoms with Crippen LogP contribution >= 0.6 is 0 Å². The van der Waals surface area contributed by atoms with Gasteiger partial charge in [0.2, 0.25) is 0 Å². The molecule has 1 atom stereocenters. The number of rotatable bonds is 46. The molecule has 4 heteroatoms. The molecule has 1 N–H and O–H groups in total. The summed E-state index contributed by atoms with van der Waals surface area (Å²) in [5.41, 5.74) is 0. The monoisotopic (exact) mass is 809 g/mol. The summed E-state index contributed by atoms with van der Waals surface area (Å²) in [4.78, 5) is 12.3. The van der Waals surface area contributed by atoms with Crippen molar-refractivity contribution in [1.29, 1.82) is 0 Å². The van der Waals surface area contributed by atoms with Crippen LogP contribution in [-0.4, -0.2) is 37.0 Å². The lowest BCUT2D eigenvalue weighted by atomic mass is 10.0. The number of hydrogen-bond donors (Lipinski definition) is 1. The van der Waals surface area contributed by atoms with Gasteiger partial charge in [-0.25, -0.2) is 0 Å². The van der Waals surface area contributed by atoms with Crippen LogP contribution < -0.4 is 0 Å². The second kappa shape index (κ2) is 51.0. The Morgan fingerprint density at radius 3 is 1.16 bits per heavy atom. The number of allylic oxidation sites excluding steroid dienone is 12. The van der Waals surface area contributed by atoms with Crippen LogP contribution in [-0.2, 0) is 14.3 Å². The summed E-state index contributed by atoms with van der Waals surface area (Å²) in [6.07, 6.45) is 69.9. The number of hydrogen-bond acceptors (Lipinski definition) is 4. The van der Waals surface area contributed by atoms with E-state index in [4.69, 9.17) is 9.47 Å². The quantitative estimate of drug-likeness (QED) is 0.0378. The Labute approximate surface area is 361 Å². The van der Waals surface area contributed by atoms with Gasteiger partial charge in [-0.1, -0.05) is 241 Å². The van der Waals surface area contributed by atoms with Crippen molar-refractivity contribution in [3.8, 4) is 0 Å². The van der Waals surface area contributed by atoms with E-state index in [1.54, 1.807) is 0 Å². The van der Waals surface area contributed by atoms with E-state index in [2.05, 4.69) is 86.8 Å². The topological polar surface area (TPSA) is 55.8 Å². The van der Waals surface area contributed by atoms with E-state index in [-0.39, 0.29) is 19.2 Å². The van der Waals surface area contributed by atoms with Gasteiger partial charge in [-0.3, -0.25) is 4.79 Å². The number of esters is 1. The van der Waals surface area contributed by atoms with E-state index in [9.17, 15) is 9.90 Å². The van der Waals surface area contributed by atoms with Gasteiger partial charge >= 0.3 is 5.97 Å². The van der Waals surface area contributed by atoms with Gasteiger partial charge in [0.15, 0.2) is 0 Å². The maximum Gasteiger partial charge on any atom is 0.306 e. The van der Waals surface area contributed by atoms with Crippen molar-refractivity contribution >= 4 is 5.97 Å². The second-order valence-electron chi connectivity index (χ2n) is 16.5. The fraction of sp³-hybridized carbons (Fsp3) is 0.759. The molecule has 4 nitrogen and oxygen atoms in total. The zero-order valence-electron chi connectivity index (χ0n) is 38.5. The molecule has 58 heavy (non-hydrogen) atoms. The largest absolute Gasteiger partial charge is 0.457 e. The van der Waals surface area contributed by atoms with E-state index in [0.29, 0.717) is 13.0 Å². The van der Waals surface area contributed by atoms with Crippen molar-refractivity contribution in [2.45, 2.75) is 245 Å². The van der Waals surface area contributed by atoms with Gasteiger partial charge in [0.1, 0.15) is 6.10 Å². The van der Waals surface area contributed by atoms with Gasteiger partial charge in [0.05, 0.1) is 13.2 Å². The molecule has 336 valence electrons. The lowest BCUT2D eigenvalue weighted by Crippen LogP contribution is -2.27. The Hall–Kier alpha value is -2.17. The molecule has 0 amide bonds. The molecule has 0 fully saturated rings. The molecule has 0 aromatic heterocycles. The molecular formula is C54H96O4. The van der Waals surface area contributed by atoms with E-state index >= 15 is 0 Å². The molecule has 0 aliphatic rings. The van der Waals surface area contributed by atoms with Gasteiger partial charge in [-0.05, 0) is 64.2 Å². The highest BCUT2D eigenvalue weighted by atomic mass is 16.6. The third-order valence-electron chi connectivity index (χ3n) is 10.8. The van der Waals surface area contributed by atoms with Crippen molar-refractivity contribution in [3.05, 3.63) is 72.9 Å². The molecule has 0 aliphatic carbocycles. The normalized spacial score (nSPS) is 12.9. The highest BCUT2D eigenvalue weighted by Crippen LogP contribution is 2.16. The van der Waals surface area contributed by atoms with Crippen LogP contribution in [0.25, 0.3) is 0 Å². The van der Waals surface area contributed by atoms with E-state index in [1.807, 2.05) is 0 Å². The number of aliphatic hydroxyl groups excluding tert-OH is 1. The highest BCUT2D eigenvalue weighted by Gasteiger charge is 2.13.